The second kappa shape index (κ2) is 11.3. The van der Waals surface area contributed by atoms with Gasteiger partial charge in [-0.3, -0.25) is 9.59 Å². The summed E-state index contributed by atoms with van der Waals surface area (Å²) in [5.41, 5.74) is 1.73. The Balaban J connectivity index is 2.22. The van der Waals surface area contributed by atoms with Crippen LogP contribution in [0, 0.1) is 0 Å². The van der Waals surface area contributed by atoms with Crippen molar-refractivity contribution in [3.8, 4) is 11.5 Å². The number of ether oxygens (including phenoxy) is 2. The molecule has 0 saturated heterocycles. The fraction of sp³-hybridized carbons (Fsp3) is 0.318. The highest BCUT2D eigenvalue weighted by Gasteiger charge is 2.17. The molecule has 0 spiro atoms. The second-order valence-electron chi connectivity index (χ2n) is 6.68. The van der Waals surface area contributed by atoms with Gasteiger partial charge in [-0.05, 0) is 62.1 Å². The SMILES string of the molecule is CC(Br)C(=O)Oc1ccc(C(CCC(=O)[O-])c2ccc(OC(=O)C(C)Br)cc2)cc1. The number of alkyl halides is 2. The van der Waals surface area contributed by atoms with Crippen molar-refractivity contribution in [3.63, 3.8) is 0 Å². The third-order valence-corrected chi connectivity index (χ3v) is 5.04. The van der Waals surface area contributed by atoms with Crippen molar-refractivity contribution in [2.24, 2.45) is 0 Å². The summed E-state index contributed by atoms with van der Waals surface area (Å²) >= 11 is 6.32. The molecule has 2 atom stereocenters. The molecule has 0 aromatic heterocycles. The van der Waals surface area contributed by atoms with Gasteiger partial charge in [0, 0.05) is 11.9 Å². The van der Waals surface area contributed by atoms with Crippen LogP contribution in [0.25, 0.3) is 0 Å². The zero-order valence-electron chi connectivity index (χ0n) is 16.5. The van der Waals surface area contributed by atoms with Crippen LogP contribution in [-0.4, -0.2) is 27.6 Å². The summed E-state index contributed by atoms with van der Waals surface area (Å²) in [4.78, 5) is 33.6. The molecule has 0 N–H and O–H groups in total. The number of esters is 2. The van der Waals surface area contributed by atoms with E-state index >= 15 is 0 Å². The van der Waals surface area contributed by atoms with E-state index in [-0.39, 0.29) is 12.3 Å². The van der Waals surface area contributed by atoms with E-state index in [1.807, 2.05) is 0 Å². The van der Waals surface area contributed by atoms with Gasteiger partial charge in [-0.1, -0.05) is 56.1 Å². The van der Waals surface area contributed by atoms with Crippen molar-refractivity contribution in [1.82, 2.24) is 0 Å². The highest BCUT2D eigenvalue weighted by atomic mass is 79.9. The molecule has 0 radical (unpaired) electrons. The Morgan fingerprint density at radius 3 is 1.47 bits per heavy atom. The van der Waals surface area contributed by atoms with Gasteiger partial charge in [-0.2, -0.15) is 0 Å². The van der Waals surface area contributed by atoms with Crippen LogP contribution in [0.3, 0.4) is 0 Å². The second-order valence-corrected chi connectivity index (χ2v) is 9.42. The predicted octanol–water partition coefficient (Wildman–Crippen LogP) is 3.73. The Labute approximate surface area is 191 Å². The quantitative estimate of drug-likeness (QED) is 0.273. The lowest BCUT2D eigenvalue weighted by atomic mass is 9.87. The number of rotatable bonds is 9. The minimum atomic E-state index is -1.13. The number of hydrogen-bond donors (Lipinski definition) is 0. The van der Waals surface area contributed by atoms with Gasteiger partial charge in [0.15, 0.2) is 0 Å². The first-order chi connectivity index (χ1) is 14.2. The summed E-state index contributed by atoms with van der Waals surface area (Å²) in [6, 6.07) is 13.8. The van der Waals surface area contributed by atoms with Gasteiger partial charge in [0.05, 0.1) is 0 Å². The molecule has 0 aliphatic rings. The number of carbonyl (C=O) groups excluding carboxylic acids is 3. The fourth-order valence-corrected chi connectivity index (χ4v) is 2.91. The summed E-state index contributed by atoms with van der Waals surface area (Å²) < 4.78 is 10.5. The van der Waals surface area contributed by atoms with E-state index in [0.29, 0.717) is 17.9 Å². The predicted molar refractivity (Wildman–Crippen MR) is 117 cm³/mol. The summed E-state index contributed by atoms with van der Waals surface area (Å²) in [6.45, 7) is 3.35. The van der Waals surface area contributed by atoms with Crippen molar-refractivity contribution in [1.29, 1.82) is 0 Å². The van der Waals surface area contributed by atoms with E-state index in [4.69, 9.17) is 9.47 Å². The summed E-state index contributed by atoms with van der Waals surface area (Å²) in [7, 11) is 0. The molecule has 0 amide bonds. The molecule has 0 aliphatic carbocycles. The molecule has 0 saturated carbocycles. The third kappa shape index (κ3) is 7.25. The van der Waals surface area contributed by atoms with Crippen molar-refractivity contribution < 1.29 is 29.0 Å². The van der Waals surface area contributed by atoms with Gasteiger partial charge in [0.25, 0.3) is 0 Å². The molecule has 6 nitrogen and oxygen atoms in total. The van der Waals surface area contributed by atoms with E-state index in [9.17, 15) is 19.5 Å². The molecule has 2 aromatic carbocycles. The van der Waals surface area contributed by atoms with E-state index in [2.05, 4.69) is 31.9 Å². The van der Waals surface area contributed by atoms with Crippen molar-refractivity contribution in [2.45, 2.75) is 42.3 Å². The van der Waals surface area contributed by atoms with Crippen LogP contribution < -0.4 is 14.6 Å². The molecular weight excluding hydrogens is 520 g/mol. The van der Waals surface area contributed by atoms with Gasteiger partial charge in [-0.15, -0.1) is 0 Å². The van der Waals surface area contributed by atoms with Crippen molar-refractivity contribution >= 4 is 49.8 Å². The number of halogens is 2. The molecule has 0 fully saturated rings. The normalized spacial score (nSPS) is 13.7. The van der Waals surface area contributed by atoms with Gasteiger partial charge in [0.2, 0.25) is 0 Å². The Kier molecular flexibility index (Phi) is 9.05. The molecule has 2 rings (SSSR count). The first-order valence-electron chi connectivity index (χ1n) is 9.28. The molecule has 2 unspecified atom stereocenters. The number of carboxylic acids is 1. The molecule has 0 bridgehead atoms. The zero-order chi connectivity index (χ0) is 22.3. The molecule has 0 heterocycles. The minimum absolute atomic E-state index is 0.111. The highest BCUT2D eigenvalue weighted by Crippen LogP contribution is 2.31. The Morgan fingerprint density at radius 1 is 0.800 bits per heavy atom. The third-order valence-electron chi connectivity index (χ3n) is 4.29. The fourth-order valence-electron chi connectivity index (χ4n) is 2.72. The zero-order valence-corrected chi connectivity index (χ0v) is 19.6. The van der Waals surface area contributed by atoms with Crippen LogP contribution in [-0.2, 0) is 14.4 Å². The van der Waals surface area contributed by atoms with Crippen LogP contribution in [0.15, 0.2) is 48.5 Å². The van der Waals surface area contributed by atoms with Crippen LogP contribution in [0.2, 0.25) is 0 Å². The lowest BCUT2D eigenvalue weighted by molar-refractivity contribution is -0.305. The van der Waals surface area contributed by atoms with Crippen molar-refractivity contribution in [3.05, 3.63) is 59.7 Å². The largest absolute Gasteiger partial charge is 0.550 e. The Morgan fingerprint density at radius 2 is 1.17 bits per heavy atom. The lowest BCUT2D eigenvalue weighted by Gasteiger charge is -2.19. The van der Waals surface area contributed by atoms with Crippen molar-refractivity contribution in [2.75, 3.05) is 0 Å². The first-order valence-corrected chi connectivity index (χ1v) is 11.1. The maximum Gasteiger partial charge on any atom is 0.324 e. The van der Waals surface area contributed by atoms with Crippen LogP contribution >= 0.6 is 31.9 Å². The van der Waals surface area contributed by atoms with E-state index < -0.39 is 27.6 Å². The Hall–Kier alpha value is -2.19. The molecule has 8 heteroatoms. The monoisotopic (exact) mass is 539 g/mol. The maximum absolute atomic E-state index is 11.7. The van der Waals surface area contributed by atoms with Gasteiger partial charge in [-0.25, -0.2) is 0 Å². The van der Waals surface area contributed by atoms with Gasteiger partial charge < -0.3 is 19.4 Å². The minimum Gasteiger partial charge on any atom is -0.550 e. The van der Waals surface area contributed by atoms with E-state index in [1.165, 1.54) is 0 Å². The molecular formula is C22H21Br2O6-. The molecule has 160 valence electrons. The number of carboxylic acid groups (broad SMARTS) is 1. The summed E-state index contributed by atoms with van der Waals surface area (Å²) in [5, 5.41) is 11.0. The van der Waals surface area contributed by atoms with Crippen LogP contribution in [0.5, 0.6) is 11.5 Å². The van der Waals surface area contributed by atoms with Crippen LogP contribution in [0.4, 0.5) is 0 Å². The van der Waals surface area contributed by atoms with E-state index in [1.54, 1.807) is 62.4 Å². The standard InChI is InChI=1S/C22H22Br2O6/c1-13(23)21(27)29-17-7-3-15(4-8-17)19(11-12-20(25)26)16-5-9-18(10-6-16)30-22(28)14(2)24/h3-10,13-14,19H,11-12H2,1-2H3,(H,25,26)/p-1. The van der Waals surface area contributed by atoms with E-state index in [0.717, 1.165) is 11.1 Å². The smallest absolute Gasteiger partial charge is 0.324 e. The summed E-state index contributed by atoms with van der Waals surface area (Å²) in [5.74, 6) is -1.35. The maximum atomic E-state index is 11.7. The van der Waals surface area contributed by atoms with Gasteiger partial charge >= 0.3 is 11.9 Å². The molecule has 0 aliphatic heterocycles. The summed E-state index contributed by atoms with van der Waals surface area (Å²) in [6.07, 6.45) is 0.220. The number of hydrogen-bond acceptors (Lipinski definition) is 6. The van der Waals surface area contributed by atoms with Gasteiger partial charge in [0.1, 0.15) is 21.2 Å². The average molecular weight is 541 g/mol. The number of benzene rings is 2. The molecule has 2 aromatic rings. The van der Waals surface area contributed by atoms with Crippen LogP contribution in [0.1, 0.15) is 43.7 Å². The Bertz CT molecular complexity index is 810. The highest BCUT2D eigenvalue weighted by molar-refractivity contribution is 9.10. The number of aliphatic carboxylic acids is 1. The number of carbonyl (C=O) groups is 3. The molecule has 30 heavy (non-hydrogen) atoms. The average Bonchev–Trinajstić information content (AvgIpc) is 2.70. The topological polar surface area (TPSA) is 92.7 Å². The first kappa shape index (κ1) is 24.1. The lowest BCUT2D eigenvalue weighted by Crippen LogP contribution is -2.22.